The lowest BCUT2D eigenvalue weighted by Gasteiger charge is -2.43. The highest BCUT2D eigenvalue weighted by Crippen LogP contribution is 2.72. The van der Waals surface area contributed by atoms with Gasteiger partial charge in [-0.2, -0.15) is 0 Å². The van der Waals surface area contributed by atoms with Gasteiger partial charge in [-0.15, -0.1) is 0 Å². The average Bonchev–Trinajstić information content (AvgIpc) is 2.70. The van der Waals surface area contributed by atoms with Crippen molar-refractivity contribution in [2.75, 3.05) is 0 Å². The van der Waals surface area contributed by atoms with Gasteiger partial charge in [-0.25, -0.2) is 0 Å². The molecule has 0 amide bonds. The number of esters is 1. The lowest BCUT2D eigenvalue weighted by atomic mass is 9.64. The van der Waals surface area contributed by atoms with Crippen LogP contribution < -0.4 is 0 Å². The number of carbonyl (C=O) groups excluding carboxylic acids is 1. The van der Waals surface area contributed by atoms with Crippen LogP contribution in [0.3, 0.4) is 0 Å². The molecule has 0 aromatic heterocycles. The maximum Gasteiger partial charge on any atom is 0.302 e. The third kappa shape index (κ3) is 1.64. The molecule has 6 atom stereocenters. The first-order chi connectivity index (χ1) is 8.79. The summed E-state index contributed by atoms with van der Waals surface area (Å²) in [6.07, 6.45) is 5.37. The molecule has 2 nitrogen and oxygen atoms in total. The fourth-order valence-corrected chi connectivity index (χ4v) is 6.19. The topological polar surface area (TPSA) is 26.3 Å². The molecule has 3 aliphatic rings. The number of ether oxygens (including phenoxy) is 1. The van der Waals surface area contributed by atoms with E-state index >= 15 is 0 Å². The first-order valence-corrected chi connectivity index (χ1v) is 7.96. The molecular formula is C17H28O2. The van der Waals surface area contributed by atoms with Gasteiger partial charge >= 0.3 is 5.97 Å². The molecule has 3 aliphatic carbocycles. The summed E-state index contributed by atoms with van der Waals surface area (Å²) in [5.41, 5.74) is 0.875. The molecule has 0 saturated heterocycles. The second-order valence-electron chi connectivity index (χ2n) is 8.11. The summed E-state index contributed by atoms with van der Waals surface area (Å²) in [4.78, 5) is 11.4. The number of rotatable bonds is 1. The fraction of sp³-hybridized carbons (Fsp3) is 0.941. The molecule has 0 N–H and O–H groups in total. The number of carbonyl (C=O) groups is 1. The molecule has 2 heteroatoms. The Hall–Kier alpha value is -0.530. The van der Waals surface area contributed by atoms with Gasteiger partial charge in [-0.1, -0.05) is 27.7 Å². The minimum Gasteiger partial charge on any atom is -0.462 e. The molecule has 3 fully saturated rings. The van der Waals surface area contributed by atoms with E-state index in [0.29, 0.717) is 16.7 Å². The number of fused-ring (bicyclic) bond motifs is 1. The van der Waals surface area contributed by atoms with E-state index in [1.165, 1.54) is 19.3 Å². The molecule has 3 rings (SSSR count). The van der Waals surface area contributed by atoms with Crippen molar-refractivity contribution in [2.24, 2.45) is 34.5 Å². The normalized spacial score (nSPS) is 50.9. The van der Waals surface area contributed by atoms with Crippen LogP contribution in [0.15, 0.2) is 0 Å². The molecular weight excluding hydrogens is 236 g/mol. The second-order valence-corrected chi connectivity index (χ2v) is 8.11. The quantitative estimate of drug-likeness (QED) is 0.668. The Labute approximate surface area is 117 Å². The van der Waals surface area contributed by atoms with Crippen LogP contribution in [0.2, 0.25) is 0 Å². The van der Waals surface area contributed by atoms with Gasteiger partial charge in [0.25, 0.3) is 0 Å². The van der Waals surface area contributed by atoms with E-state index in [-0.39, 0.29) is 12.1 Å². The number of hydrogen-bond acceptors (Lipinski definition) is 2. The summed E-state index contributed by atoms with van der Waals surface area (Å²) in [6, 6.07) is 0. The molecule has 0 heterocycles. The van der Waals surface area contributed by atoms with E-state index in [9.17, 15) is 4.79 Å². The van der Waals surface area contributed by atoms with E-state index in [1.807, 2.05) is 0 Å². The van der Waals surface area contributed by atoms with Crippen molar-refractivity contribution in [2.45, 2.75) is 66.4 Å². The molecule has 0 unspecified atom stereocenters. The van der Waals surface area contributed by atoms with Crippen molar-refractivity contribution in [3.63, 3.8) is 0 Å². The fourth-order valence-electron chi connectivity index (χ4n) is 6.19. The Morgan fingerprint density at radius 1 is 1.16 bits per heavy atom. The minimum atomic E-state index is -0.102. The van der Waals surface area contributed by atoms with Crippen LogP contribution in [0.4, 0.5) is 0 Å². The highest BCUT2D eigenvalue weighted by atomic mass is 16.5. The first-order valence-electron chi connectivity index (χ1n) is 7.96. The van der Waals surface area contributed by atoms with Crippen molar-refractivity contribution in [3.8, 4) is 0 Å². The van der Waals surface area contributed by atoms with Crippen molar-refractivity contribution in [1.82, 2.24) is 0 Å². The van der Waals surface area contributed by atoms with Crippen LogP contribution >= 0.6 is 0 Å². The van der Waals surface area contributed by atoms with Crippen LogP contribution in [0, 0.1) is 34.5 Å². The highest BCUT2D eigenvalue weighted by molar-refractivity contribution is 5.66. The van der Waals surface area contributed by atoms with Gasteiger partial charge in [0.05, 0.1) is 0 Å². The maximum absolute atomic E-state index is 11.4. The molecule has 1 spiro atoms. The van der Waals surface area contributed by atoms with Crippen LogP contribution in [0.25, 0.3) is 0 Å². The van der Waals surface area contributed by atoms with Gasteiger partial charge in [0.15, 0.2) is 0 Å². The van der Waals surface area contributed by atoms with Crippen molar-refractivity contribution in [1.29, 1.82) is 0 Å². The third-order valence-electron chi connectivity index (χ3n) is 7.14. The van der Waals surface area contributed by atoms with Crippen molar-refractivity contribution >= 4 is 5.97 Å². The Balaban J connectivity index is 1.97. The van der Waals surface area contributed by atoms with E-state index in [0.717, 1.165) is 24.2 Å². The molecule has 0 aliphatic heterocycles. The zero-order chi connectivity index (χ0) is 14.0. The molecule has 2 bridgehead atoms. The standard InChI is InChI=1S/C17H28O2/c1-10-6-7-15-16(4,5)13-8-17(10,15)9-14(11(13)2)19-12(3)18/h10-11,13-15H,6-9H2,1-5H3/t10-,11+,13-,14+,15+,17-/m1/s1. The smallest absolute Gasteiger partial charge is 0.302 e. The van der Waals surface area contributed by atoms with E-state index in [4.69, 9.17) is 4.74 Å². The van der Waals surface area contributed by atoms with Crippen LogP contribution in [0.5, 0.6) is 0 Å². The zero-order valence-corrected chi connectivity index (χ0v) is 13.0. The van der Waals surface area contributed by atoms with E-state index < -0.39 is 0 Å². The van der Waals surface area contributed by atoms with Gasteiger partial charge in [-0.3, -0.25) is 4.79 Å². The molecule has 0 radical (unpaired) electrons. The van der Waals surface area contributed by atoms with E-state index in [1.54, 1.807) is 6.92 Å². The van der Waals surface area contributed by atoms with Gasteiger partial charge in [0, 0.05) is 6.92 Å². The lowest BCUT2D eigenvalue weighted by Crippen LogP contribution is -2.41. The van der Waals surface area contributed by atoms with E-state index in [2.05, 4.69) is 27.7 Å². The summed E-state index contributed by atoms with van der Waals surface area (Å²) < 4.78 is 5.69. The SMILES string of the molecule is CC(=O)O[C@H]1C[C@@]23C[C@H]([C@@H]1C)C(C)(C)[C@@H]2CC[C@H]3C. The molecule has 0 aromatic rings. The largest absolute Gasteiger partial charge is 0.462 e. The number of hydrogen-bond donors (Lipinski definition) is 0. The highest BCUT2D eigenvalue weighted by Gasteiger charge is 2.67. The summed E-state index contributed by atoms with van der Waals surface area (Å²) in [5, 5.41) is 0. The third-order valence-corrected chi connectivity index (χ3v) is 7.14. The first kappa shape index (κ1) is 13.5. The Kier molecular flexibility index (Phi) is 2.82. The Morgan fingerprint density at radius 2 is 1.84 bits per heavy atom. The van der Waals surface area contributed by atoms with Crippen LogP contribution in [0.1, 0.15) is 60.3 Å². The molecule has 3 saturated carbocycles. The predicted molar refractivity (Wildman–Crippen MR) is 75.5 cm³/mol. The summed E-state index contributed by atoms with van der Waals surface area (Å²) in [6.45, 7) is 11.2. The summed E-state index contributed by atoms with van der Waals surface area (Å²) in [5.74, 6) is 2.77. The molecule has 0 aromatic carbocycles. The zero-order valence-electron chi connectivity index (χ0n) is 13.0. The summed E-state index contributed by atoms with van der Waals surface area (Å²) >= 11 is 0. The maximum atomic E-state index is 11.4. The predicted octanol–water partition coefficient (Wildman–Crippen LogP) is 4.04. The Bertz CT molecular complexity index is 400. The average molecular weight is 264 g/mol. The summed E-state index contributed by atoms with van der Waals surface area (Å²) in [7, 11) is 0. The van der Waals surface area contributed by atoms with Gasteiger partial charge in [-0.05, 0) is 60.2 Å². The van der Waals surface area contributed by atoms with Gasteiger partial charge < -0.3 is 4.74 Å². The van der Waals surface area contributed by atoms with Crippen molar-refractivity contribution < 1.29 is 9.53 Å². The monoisotopic (exact) mass is 264 g/mol. The van der Waals surface area contributed by atoms with Crippen molar-refractivity contribution in [3.05, 3.63) is 0 Å². The minimum absolute atomic E-state index is 0.102. The van der Waals surface area contributed by atoms with Crippen LogP contribution in [-0.2, 0) is 9.53 Å². The van der Waals surface area contributed by atoms with Gasteiger partial charge in [0.1, 0.15) is 6.10 Å². The van der Waals surface area contributed by atoms with Gasteiger partial charge in [0.2, 0.25) is 0 Å². The molecule has 108 valence electrons. The second kappa shape index (κ2) is 3.99. The van der Waals surface area contributed by atoms with Crippen LogP contribution in [-0.4, -0.2) is 12.1 Å². The Morgan fingerprint density at radius 3 is 2.47 bits per heavy atom. The lowest BCUT2D eigenvalue weighted by molar-refractivity contribution is -0.155. The molecule has 19 heavy (non-hydrogen) atoms.